The molecule has 1 aliphatic rings. The van der Waals surface area contributed by atoms with Gasteiger partial charge in [-0.3, -0.25) is 9.69 Å². The Kier molecular flexibility index (Phi) is 6.82. The predicted octanol–water partition coefficient (Wildman–Crippen LogP) is 4.97. The second-order valence-corrected chi connectivity index (χ2v) is 7.92. The van der Waals surface area contributed by atoms with Gasteiger partial charge in [-0.2, -0.15) is 0 Å². The molecule has 26 heavy (non-hydrogen) atoms. The molecule has 1 saturated heterocycles. The molecule has 0 atom stereocenters. The van der Waals surface area contributed by atoms with E-state index in [1.54, 1.807) is 12.1 Å². The number of nitrogens with zero attached hydrogens (tertiary/aromatic N) is 1. The van der Waals surface area contributed by atoms with Crippen LogP contribution in [0.1, 0.15) is 24.0 Å². The van der Waals surface area contributed by atoms with E-state index in [-0.39, 0.29) is 11.9 Å². The van der Waals surface area contributed by atoms with Gasteiger partial charge in [0.2, 0.25) is 5.91 Å². The number of amides is 1. The number of nitrogens with one attached hydrogen (secondary N) is 1. The van der Waals surface area contributed by atoms with E-state index in [9.17, 15) is 4.79 Å². The van der Waals surface area contributed by atoms with Gasteiger partial charge in [0.1, 0.15) is 0 Å². The zero-order valence-electron chi connectivity index (χ0n) is 14.4. The van der Waals surface area contributed by atoms with Crippen molar-refractivity contribution in [2.24, 2.45) is 0 Å². The summed E-state index contributed by atoms with van der Waals surface area (Å²) in [6.45, 7) is 2.86. The second kappa shape index (κ2) is 9.09. The van der Waals surface area contributed by atoms with E-state index in [0.29, 0.717) is 16.5 Å². The molecule has 3 nitrogen and oxygen atoms in total. The van der Waals surface area contributed by atoms with Gasteiger partial charge in [-0.15, -0.1) is 0 Å². The van der Waals surface area contributed by atoms with Crippen molar-refractivity contribution in [1.29, 1.82) is 0 Å². The first kappa shape index (κ1) is 19.5. The first-order valence-electron chi connectivity index (χ1n) is 8.69. The molecule has 0 aliphatic carbocycles. The van der Waals surface area contributed by atoms with Crippen LogP contribution in [-0.2, 0) is 17.8 Å². The SMILES string of the molecule is O=C(Cc1ccc(Cl)c(Cl)c1)NC1CCN(Cc2ccc(Cl)cc2)CC1. The minimum Gasteiger partial charge on any atom is -0.353 e. The third-order valence-electron chi connectivity index (χ3n) is 4.62. The lowest BCUT2D eigenvalue weighted by Gasteiger charge is -2.32. The number of rotatable bonds is 5. The van der Waals surface area contributed by atoms with Gasteiger partial charge in [-0.25, -0.2) is 0 Å². The molecule has 2 aromatic carbocycles. The van der Waals surface area contributed by atoms with Crippen LogP contribution in [0, 0.1) is 0 Å². The summed E-state index contributed by atoms with van der Waals surface area (Å²) in [4.78, 5) is 14.7. The van der Waals surface area contributed by atoms with Crippen molar-refractivity contribution in [3.8, 4) is 0 Å². The van der Waals surface area contributed by atoms with Gasteiger partial charge < -0.3 is 5.32 Å². The molecule has 138 valence electrons. The smallest absolute Gasteiger partial charge is 0.224 e. The van der Waals surface area contributed by atoms with Crippen molar-refractivity contribution >= 4 is 40.7 Å². The Morgan fingerprint density at radius 2 is 1.62 bits per heavy atom. The van der Waals surface area contributed by atoms with Crippen LogP contribution in [0.15, 0.2) is 42.5 Å². The molecule has 1 aliphatic heterocycles. The molecule has 1 fully saturated rings. The van der Waals surface area contributed by atoms with Gasteiger partial charge in [0.05, 0.1) is 16.5 Å². The van der Waals surface area contributed by atoms with E-state index >= 15 is 0 Å². The Morgan fingerprint density at radius 3 is 2.27 bits per heavy atom. The maximum absolute atomic E-state index is 12.3. The molecule has 0 bridgehead atoms. The fourth-order valence-electron chi connectivity index (χ4n) is 3.20. The van der Waals surface area contributed by atoms with Crippen molar-refractivity contribution in [2.45, 2.75) is 31.8 Å². The normalized spacial score (nSPS) is 15.8. The lowest BCUT2D eigenvalue weighted by molar-refractivity contribution is -0.121. The predicted molar refractivity (Wildman–Crippen MR) is 108 cm³/mol. The summed E-state index contributed by atoms with van der Waals surface area (Å²) >= 11 is 17.8. The van der Waals surface area contributed by atoms with Gasteiger partial charge >= 0.3 is 0 Å². The fraction of sp³-hybridized carbons (Fsp3) is 0.350. The molecule has 0 unspecified atom stereocenters. The first-order valence-corrected chi connectivity index (χ1v) is 9.83. The molecule has 3 rings (SSSR count). The Bertz CT molecular complexity index is 756. The van der Waals surface area contributed by atoms with Gasteiger partial charge in [0.15, 0.2) is 0 Å². The number of carbonyl (C=O) groups excluding carboxylic acids is 1. The van der Waals surface area contributed by atoms with E-state index in [4.69, 9.17) is 34.8 Å². The molecule has 6 heteroatoms. The van der Waals surface area contributed by atoms with Crippen molar-refractivity contribution in [3.05, 3.63) is 68.7 Å². The van der Waals surface area contributed by atoms with E-state index < -0.39 is 0 Å². The van der Waals surface area contributed by atoms with Crippen LogP contribution >= 0.6 is 34.8 Å². The molecule has 1 heterocycles. The van der Waals surface area contributed by atoms with E-state index in [0.717, 1.165) is 43.1 Å². The third kappa shape index (κ3) is 5.62. The highest BCUT2D eigenvalue weighted by atomic mass is 35.5. The second-order valence-electron chi connectivity index (χ2n) is 6.67. The monoisotopic (exact) mass is 410 g/mol. The molecule has 1 amide bonds. The number of halogens is 3. The number of likely N-dealkylation sites (tertiary alicyclic amines) is 1. The van der Waals surface area contributed by atoms with Crippen LogP contribution in [0.5, 0.6) is 0 Å². The summed E-state index contributed by atoms with van der Waals surface area (Å²) in [5.74, 6) is 0.0274. The molecule has 0 aromatic heterocycles. The van der Waals surface area contributed by atoms with Gasteiger partial charge in [-0.1, -0.05) is 53.0 Å². The average Bonchev–Trinajstić information content (AvgIpc) is 2.62. The maximum atomic E-state index is 12.3. The number of benzene rings is 2. The van der Waals surface area contributed by atoms with E-state index in [1.165, 1.54) is 5.56 Å². The highest BCUT2D eigenvalue weighted by Gasteiger charge is 2.20. The van der Waals surface area contributed by atoms with Crippen molar-refractivity contribution in [1.82, 2.24) is 10.2 Å². The summed E-state index contributed by atoms with van der Waals surface area (Å²) < 4.78 is 0. The Morgan fingerprint density at radius 1 is 0.962 bits per heavy atom. The number of carbonyl (C=O) groups is 1. The number of hydrogen-bond donors (Lipinski definition) is 1. The fourth-order valence-corrected chi connectivity index (χ4v) is 3.64. The van der Waals surface area contributed by atoms with Crippen LogP contribution in [0.25, 0.3) is 0 Å². The molecular formula is C20H21Cl3N2O. The highest BCUT2D eigenvalue weighted by molar-refractivity contribution is 6.42. The Hall–Kier alpha value is -1.26. The van der Waals surface area contributed by atoms with Crippen LogP contribution in [0.4, 0.5) is 0 Å². The molecule has 2 aromatic rings. The summed E-state index contributed by atoms with van der Waals surface area (Å²) in [6, 6.07) is 13.5. The van der Waals surface area contributed by atoms with Gasteiger partial charge in [0.25, 0.3) is 0 Å². The standard InChI is InChI=1S/C20H21Cl3N2O/c21-16-4-1-14(2-5-16)13-25-9-7-17(8-10-25)24-20(26)12-15-3-6-18(22)19(23)11-15/h1-6,11,17H,7-10,12-13H2,(H,24,26). The topological polar surface area (TPSA) is 32.3 Å². The zero-order chi connectivity index (χ0) is 18.5. The molecular weight excluding hydrogens is 391 g/mol. The van der Waals surface area contributed by atoms with Crippen molar-refractivity contribution in [3.63, 3.8) is 0 Å². The van der Waals surface area contributed by atoms with Crippen LogP contribution < -0.4 is 5.32 Å². The molecule has 0 radical (unpaired) electrons. The first-order chi connectivity index (χ1) is 12.5. The third-order valence-corrected chi connectivity index (χ3v) is 5.61. The Balaban J connectivity index is 1.43. The van der Waals surface area contributed by atoms with Crippen LogP contribution in [-0.4, -0.2) is 29.9 Å². The molecule has 0 spiro atoms. The minimum atomic E-state index is 0.0274. The Labute approximate surface area is 169 Å². The van der Waals surface area contributed by atoms with E-state index in [2.05, 4.69) is 22.3 Å². The summed E-state index contributed by atoms with van der Waals surface area (Å²) in [7, 11) is 0. The van der Waals surface area contributed by atoms with E-state index in [1.807, 2.05) is 18.2 Å². The molecule has 0 saturated carbocycles. The van der Waals surface area contributed by atoms with Crippen LogP contribution in [0.2, 0.25) is 15.1 Å². The summed E-state index contributed by atoms with van der Waals surface area (Å²) in [6.07, 6.45) is 2.24. The lowest BCUT2D eigenvalue weighted by Crippen LogP contribution is -2.44. The number of hydrogen-bond acceptors (Lipinski definition) is 2. The zero-order valence-corrected chi connectivity index (χ0v) is 16.6. The largest absolute Gasteiger partial charge is 0.353 e. The highest BCUT2D eigenvalue weighted by Crippen LogP contribution is 2.23. The summed E-state index contributed by atoms with van der Waals surface area (Å²) in [5.41, 5.74) is 2.13. The quantitative estimate of drug-likeness (QED) is 0.753. The maximum Gasteiger partial charge on any atom is 0.224 e. The lowest BCUT2D eigenvalue weighted by atomic mass is 10.0. The summed E-state index contributed by atoms with van der Waals surface area (Å²) in [5, 5.41) is 4.88. The number of piperidine rings is 1. The van der Waals surface area contributed by atoms with Crippen molar-refractivity contribution in [2.75, 3.05) is 13.1 Å². The van der Waals surface area contributed by atoms with Gasteiger partial charge in [0, 0.05) is 30.7 Å². The van der Waals surface area contributed by atoms with Gasteiger partial charge in [-0.05, 0) is 48.2 Å². The van der Waals surface area contributed by atoms with Crippen molar-refractivity contribution < 1.29 is 4.79 Å². The molecule has 1 N–H and O–H groups in total. The van der Waals surface area contributed by atoms with Crippen LogP contribution in [0.3, 0.4) is 0 Å². The minimum absolute atomic E-state index is 0.0274. The average molecular weight is 412 g/mol.